The van der Waals surface area contributed by atoms with Crippen molar-refractivity contribution in [3.05, 3.63) is 24.7 Å². The highest BCUT2D eigenvalue weighted by Gasteiger charge is 2.26. The predicted molar refractivity (Wildman–Crippen MR) is 85.6 cm³/mol. The van der Waals surface area contributed by atoms with Crippen molar-refractivity contribution in [2.45, 2.75) is 26.2 Å². The number of carbonyl (C=O) groups is 1. The van der Waals surface area contributed by atoms with Crippen molar-refractivity contribution in [3.8, 4) is 0 Å². The van der Waals surface area contributed by atoms with Gasteiger partial charge in [-0.05, 0) is 25.3 Å². The third-order valence-corrected chi connectivity index (χ3v) is 4.02. The summed E-state index contributed by atoms with van der Waals surface area (Å²) in [5.41, 5.74) is 2.46. The van der Waals surface area contributed by atoms with E-state index in [9.17, 15) is 4.79 Å². The molecule has 116 valence electrons. The number of hydrogen-bond acceptors (Lipinski definition) is 5. The normalized spacial score (nSPS) is 18.4. The summed E-state index contributed by atoms with van der Waals surface area (Å²) in [6.07, 6.45) is 8.07. The summed E-state index contributed by atoms with van der Waals surface area (Å²) in [5, 5.41) is 3.00. The molecule has 0 aliphatic carbocycles. The molecule has 2 aromatic heterocycles. The number of rotatable bonds is 4. The van der Waals surface area contributed by atoms with Crippen LogP contribution in [-0.4, -0.2) is 40.5 Å². The topological polar surface area (TPSA) is 71.0 Å². The molecule has 1 saturated heterocycles. The predicted octanol–water partition coefficient (Wildman–Crippen LogP) is 1.77. The van der Waals surface area contributed by atoms with E-state index in [2.05, 4.69) is 32.1 Å². The second-order valence-corrected chi connectivity index (χ2v) is 5.67. The van der Waals surface area contributed by atoms with Gasteiger partial charge < -0.3 is 10.2 Å². The molecule has 0 saturated carbocycles. The molecule has 2 aromatic rings. The minimum atomic E-state index is 0.0536. The quantitative estimate of drug-likeness (QED) is 0.931. The zero-order valence-electron chi connectivity index (χ0n) is 12.8. The van der Waals surface area contributed by atoms with Gasteiger partial charge in [0.2, 0.25) is 5.91 Å². The molecule has 1 atom stereocenters. The minimum Gasteiger partial charge on any atom is -0.369 e. The maximum absolute atomic E-state index is 12.2. The first-order chi connectivity index (χ1) is 10.8. The number of nitrogens with zero attached hydrogens (tertiary/aromatic N) is 4. The average molecular weight is 299 g/mol. The number of nitrogens with one attached hydrogen (secondary N) is 1. The molecule has 6 nitrogen and oxygen atoms in total. The zero-order chi connectivity index (χ0) is 15.4. The maximum Gasteiger partial charge on any atom is 0.224 e. The maximum atomic E-state index is 12.2. The standard InChI is InChI=1S/C16H21N5O/c1-2-5-19-16(22)12-4-3-8-21(11-12)13-9-14-15(20-10-13)18-7-6-17-14/h6-7,9-10,12H,2-5,8,11H2,1H3,(H,19,22). The molecule has 0 bridgehead atoms. The molecule has 1 amide bonds. The Balaban J connectivity index is 1.74. The van der Waals surface area contributed by atoms with Gasteiger partial charge in [0.1, 0.15) is 5.52 Å². The lowest BCUT2D eigenvalue weighted by Crippen LogP contribution is -2.43. The van der Waals surface area contributed by atoms with Crippen LogP contribution in [0.3, 0.4) is 0 Å². The Bertz CT molecular complexity index is 660. The molecule has 22 heavy (non-hydrogen) atoms. The number of aromatic nitrogens is 3. The van der Waals surface area contributed by atoms with Gasteiger partial charge in [0.25, 0.3) is 0 Å². The summed E-state index contributed by atoms with van der Waals surface area (Å²) in [4.78, 5) is 27.2. The first-order valence-corrected chi connectivity index (χ1v) is 7.87. The Labute approximate surface area is 130 Å². The lowest BCUT2D eigenvalue weighted by molar-refractivity contribution is -0.125. The molecule has 3 rings (SSSR count). The van der Waals surface area contributed by atoms with Crippen LogP contribution in [0.5, 0.6) is 0 Å². The summed E-state index contributed by atoms with van der Waals surface area (Å²) in [6.45, 7) is 4.51. The fourth-order valence-corrected chi connectivity index (χ4v) is 2.84. The van der Waals surface area contributed by atoms with Gasteiger partial charge in [0.05, 0.1) is 17.8 Å². The average Bonchev–Trinajstić information content (AvgIpc) is 2.59. The first kappa shape index (κ1) is 14.7. The summed E-state index contributed by atoms with van der Waals surface area (Å²) < 4.78 is 0. The van der Waals surface area contributed by atoms with E-state index >= 15 is 0 Å². The van der Waals surface area contributed by atoms with E-state index in [1.807, 2.05) is 12.3 Å². The van der Waals surface area contributed by atoms with Gasteiger partial charge in [0, 0.05) is 32.0 Å². The van der Waals surface area contributed by atoms with E-state index in [4.69, 9.17) is 0 Å². The molecule has 1 aliphatic rings. The van der Waals surface area contributed by atoms with E-state index in [-0.39, 0.29) is 11.8 Å². The van der Waals surface area contributed by atoms with Gasteiger partial charge in [-0.15, -0.1) is 0 Å². The Hall–Kier alpha value is -2.24. The number of amides is 1. The summed E-state index contributed by atoms with van der Waals surface area (Å²) in [5.74, 6) is 0.220. The Morgan fingerprint density at radius 2 is 2.23 bits per heavy atom. The van der Waals surface area contributed by atoms with E-state index < -0.39 is 0 Å². The van der Waals surface area contributed by atoms with Crippen molar-refractivity contribution < 1.29 is 4.79 Å². The number of anilines is 1. The van der Waals surface area contributed by atoms with Gasteiger partial charge in [-0.3, -0.25) is 9.78 Å². The molecule has 1 fully saturated rings. The number of piperidine rings is 1. The molecular weight excluding hydrogens is 278 g/mol. The van der Waals surface area contributed by atoms with E-state index in [0.717, 1.165) is 50.1 Å². The van der Waals surface area contributed by atoms with Crippen molar-refractivity contribution in [2.75, 3.05) is 24.5 Å². The fourth-order valence-electron chi connectivity index (χ4n) is 2.84. The molecule has 6 heteroatoms. The van der Waals surface area contributed by atoms with Gasteiger partial charge >= 0.3 is 0 Å². The zero-order valence-corrected chi connectivity index (χ0v) is 12.8. The lowest BCUT2D eigenvalue weighted by Gasteiger charge is -2.33. The molecule has 0 radical (unpaired) electrons. The van der Waals surface area contributed by atoms with Crippen molar-refractivity contribution in [1.82, 2.24) is 20.3 Å². The second-order valence-electron chi connectivity index (χ2n) is 5.67. The highest BCUT2D eigenvalue weighted by atomic mass is 16.1. The van der Waals surface area contributed by atoms with Crippen molar-refractivity contribution >= 4 is 22.8 Å². The lowest BCUT2D eigenvalue weighted by atomic mass is 9.96. The molecule has 1 unspecified atom stereocenters. The van der Waals surface area contributed by atoms with Crippen LogP contribution in [-0.2, 0) is 4.79 Å². The first-order valence-electron chi connectivity index (χ1n) is 7.87. The van der Waals surface area contributed by atoms with Crippen LogP contribution in [0.15, 0.2) is 24.7 Å². The summed E-state index contributed by atoms with van der Waals surface area (Å²) in [6, 6.07) is 2.00. The molecule has 0 aromatic carbocycles. The van der Waals surface area contributed by atoms with Crippen molar-refractivity contribution in [2.24, 2.45) is 5.92 Å². The van der Waals surface area contributed by atoms with Crippen LogP contribution in [0.2, 0.25) is 0 Å². The molecular formula is C16H21N5O. The number of pyridine rings is 1. The molecule has 1 N–H and O–H groups in total. The second kappa shape index (κ2) is 6.68. The van der Waals surface area contributed by atoms with Gasteiger partial charge in [-0.2, -0.15) is 0 Å². The number of carbonyl (C=O) groups excluding carboxylic acids is 1. The minimum absolute atomic E-state index is 0.0536. The molecule has 1 aliphatic heterocycles. The summed E-state index contributed by atoms with van der Waals surface area (Å²) in [7, 11) is 0. The van der Waals surface area contributed by atoms with Crippen LogP contribution in [0.4, 0.5) is 5.69 Å². The highest BCUT2D eigenvalue weighted by Crippen LogP contribution is 2.24. The Morgan fingerprint density at radius 1 is 1.36 bits per heavy atom. The highest BCUT2D eigenvalue weighted by molar-refractivity contribution is 5.80. The third-order valence-electron chi connectivity index (χ3n) is 4.02. The van der Waals surface area contributed by atoms with E-state index in [0.29, 0.717) is 5.65 Å². The largest absolute Gasteiger partial charge is 0.369 e. The van der Waals surface area contributed by atoms with E-state index in [1.54, 1.807) is 12.4 Å². The summed E-state index contributed by atoms with van der Waals surface area (Å²) >= 11 is 0. The van der Waals surface area contributed by atoms with Crippen LogP contribution in [0, 0.1) is 5.92 Å². The SMILES string of the molecule is CCCNC(=O)C1CCCN(c2cnc3nccnc3c2)C1. The molecule has 3 heterocycles. The Kier molecular flexibility index (Phi) is 4.46. The van der Waals surface area contributed by atoms with Gasteiger partial charge in [0.15, 0.2) is 5.65 Å². The van der Waals surface area contributed by atoms with Gasteiger partial charge in [-0.1, -0.05) is 6.92 Å². The van der Waals surface area contributed by atoms with Crippen LogP contribution >= 0.6 is 0 Å². The van der Waals surface area contributed by atoms with Crippen LogP contribution < -0.4 is 10.2 Å². The fraction of sp³-hybridized carbons (Fsp3) is 0.500. The Morgan fingerprint density at radius 3 is 3.09 bits per heavy atom. The van der Waals surface area contributed by atoms with Crippen LogP contribution in [0.1, 0.15) is 26.2 Å². The number of fused-ring (bicyclic) bond motifs is 1. The van der Waals surface area contributed by atoms with Gasteiger partial charge in [-0.25, -0.2) is 9.97 Å². The van der Waals surface area contributed by atoms with E-state index in [1.165, 1.54) is 0 Å². The number of hydrogen-bond donors (Lipinski definition) is 1. The smallest absolute Gasteiger partial charge is 0.224 e. The third kappa shape index (κ3) is 3.16. The van der Waals surface area contributed by atoms with Crippen LogP contribution in [0.25, 0.3) is 11.2 Å². The molecule has 0 spiro atoms. The van der Waals surface area contributed by atoms with Crippen molar-refractivity contribution in [1.29, 1.82) is 0 Å². The van der Waals surface area contributed by atoms with Crippen molar-refractivity contribution in [3.63, 3.8) is 0 Å². The monoisotopic (exact) mass is 299 g/mol.